The van der Waals surface area contributed by atoms with Crippen molar-refractivity contribution < 1.29 is 4.79 Å². The van der Waals surface area contributed by atoms with Crippen LogP contribution in [0.3, 0.4) is 0 Å². The van der Waals surface area contributed by atoms with Gasteiger partial charge in [0.15, 0.2) is 12.1 Å². The summed E-state index contributed by atoms with van der Waals surface area (Å²) in [4.78, 5) is 18.1. The molecule has 1 aromatic heterocycles. The van der Waals surface area contributed by atoms with Crippen LogP contribution in [0.25, 0.3) is 0 Å². The number of aldehydes is 1. The molecule has 58 valence electrons. The second-order valence-electron chi connectivity index (χ2n) is 2.33. The zero-order valence-corrected chi connectivity index (χ0v) is 6.66. The lowest BCUT2D eigenvalue weighted by Crippen LogP contribution is -1.99. The van der Waals surface area contributed by atoms with E-state index >= 15 is 0 Å². The van der Waals surface area contributed by atoms with E-state index < -0.39 is 0 Å². The number of aryl methyl sites for hydroxylation is 2. The van der Waals surface area contributed by atoms with Crippen molar-refractivity contribution in [1.82, 2.24) is 9.97 Å². The summed E-state index contributed by atoms with van der Waals surface area (Å²) >= 11 is 0. The van der Waals surface area contributed by atoms with Crippen molar-refractivity contribution in [1.29, 1.82) is 0 Å². The number of rotatable bonds is 2. The fourth-order valence-corrected chi connectivity index (χ4v) is 0.907. The van der Waals surface area contributed by atoms with E-state index in [1.54, 1.807) is 6.20 Å². The number of hydrogen-bond acceptors (Lipinski definition) is 3. The summed E-state index contributed by atoms with van der Waals surface area (Å²) in [7, 11) is 0. The Balaban J connectivity index is 3.12. The quantitative estimate of drug-likeness (QED) is 0.594. The molecule has 1 rings (SSSR count). The largest absolute Gasteiger partial charge is 0.294 e. The Bertz CT molecular complexity index is 271. The van der Waals surface area contributed by atoms with Gasteiger partial charge in [-0.05, 0) is 18.9 Å². The molecule has 0 N–H and O–H groups in total. The van der Waals surface area contributed by atoms with Gasteiger partial charge in [0.1, 0.15) is 0 Å². The fourth-order valence-electron chi connectivity index (χ4n) is 0.907. The Morgan fingerprint density at radius 3 is 2.91 bits per heavy atom. The van der Waals surface area contributed by atoms with Crippen LogP contribution in [0.15, 0.2) is 6.20 Å². The highest BCUT2D eigenvalue weighted by Gasteiger charge is 1.99. The summed E-state index contributed by atoms with van der Waals surface area (Å²) in [6, 6.07) is 0. The molecule has 0 aromatic carbocycles. The van der Waals surface area contributed by atoms with Crippen molar-refractivity contribution in [3.05, 3.63) is 23.3 Å². The highest BCUT2D eigenvalue weighted by Crippen LogP contribution is 2.02. The lowest BCUT2D eigenvalue weighted by Gasteiger charge is -1.99. The first-order valence-electron chi connectivity index (χ1n) is 3.55. The summed E-state index contributed by atoms with van der Waals surface area (Å²) < 4.78 is 0. The Labute approximate surface area is 65.5 Å². The molecular formula is C8H10N2O. The van der Waals surface area contributed by atoms with E-state index in [9.17, 15) is 4.79 Å². The van der Waals surface area contributed by atoms with Crippen molar-refractivity contribution in [2.24, 2.45) is 0 Å². The first-order chi connectivity index (χ1) is 5.27. The maximum absolute atomic E-state index is 10.3. The molecule has 0 aliphatic carbocycles. The molecule has 0 fully saturated rings. The monoisotopic (exact) mass is 150 g/mol. The molecule has 0 bridgehead atoms. The van der Waals surface area contributed by atoms with Crippen LogP contribution >= 0.6 is 0 Å². The van der Waals surface area contributed by atoms with Gasteiger partial charge < -0.3 is 0 Å². The van der Waals surface area contributed by atoms with Crippen LogP contribution in [0, 0.1) is 6.92 Å². The van der Waals surface area contributed by atoms with Crippen LogP contribution in [-0.2, 0) is 6.42 Å². The summed E-state index contributed by atoms with van der Waals surface area (Å²) in [5, 5.41) is 0. The van der Waals surface area contributed by atoms with E-state index in [1.165, 1.54) is 0 Å². The van der Waals surface area contributed by atoms with Crippen LogP contribution in [0.1, 0.15) is 28.8 Å². The summed E-state index contributed by atoms with van der Waals surface area (Å²) in [6.07, 6.45) is 3.18. The van der Waals surface area contributed by atoms with Gasteiger partial charge in [-0.1, -0.05) is 6.92 Å². The van der Waals surface area contributed by atoms with Gasteiger partial charge in [0.05, 0.1) is 0 Å². The van der Waals surface area contributed by atoms with E-state index in [4.69, 9.17) is 0 Å². The van der Waals surface area contributed by atoms with E-state index in [0.29, 0.717) is 6.29 Å². The number of aromatic nitrogens is 2. The van der Waals surface area contributed by atoms with Crippen molar-refractivity contribution in [3.63, 3.8) is 0 Å². The molecule has 11 heavy (non-hydrogen) atoms. The maximum Gasteiger partial charge on any atom is 0.192 e. The van der Waals surface area contributed by atoms with Gasteiger partial charge in [0, 0.05) is 11.9 Å². The minimum atomic E-state index is 0.271. The lowest BCUT2D eigenvalue weighted by atomic mass is 10.2. The van der Waals surface area contributed by atoms with Crippen molar-refractivity contribution >= 4 is 6.29 Å². The molecule has 0 spiro atoms. The maximum atomic E-state index is 10.3. The molecule has 0 radical (unpaired) electrons. The van der Waals surface area contributed by atoms with Crippen LogP contribution < -0.4 is 0 Å². The van der Waals surface area contributed by atoms with Crippen LogP contribution in [0.2, 0.25) is 0 Å². The molecule has 0 atom stereocenters. The first kappa shape index (κ1) is 7.85. The molecule has 0 amide bonds. The molecule has 1 aromatic rings. The van der Waals surface area contributed by atoms with Crippen LogP contribution in [0.4, 0.5) is 0 Å². The summed E-state index contributed by atoms with van der Waals surface area (Å²) in [5.74, 6) is 0.271. The molecule has 0 unspecified atom stereocenters. The second kappa shape index (κ2) is 3.23. The highest BCUT2D eigenvalue weighted by molar-refractivity contribution is 5.68. The molecule has 3 nitrogen and oxygen atoms in total. The molecule has 1 heterocycles. The van der Waals surface area contributed by atoms with Crippen molar-refractivity contribution in [2.75, 3.05) is 0 Å². The third-order valence-electron chi connectivity index (χ3n) is 1.54. The van der Waals surface area contributed by atoms with Crippen LogP contribution in [-0.4, -0.2) is 16.3 Å². The standard InChI is InChI=1S/C8H10N2O/c1-3-7-6(2)4-9-8(5-11)10-7/h4-5H,3H2,1-2H3. The highest BCUT2D eigenvalue weighted by atomic mass is 16.1. The predicted molar refractivity (Wildman–Crippen MR) is 41.5 cm³/mol. The smallest absolute Gasteiger partial charge is 0.192 e. The topological polar surface area (TPSA) is 42.9 Å². The molecule has 3 heteroatoms. The second-order valence-corrected chi connectivity index (χ2v) is 2.33. The summed E-state index contributed by atoms with van der Waals surface area (Å²) in [5.41, 5.74) is 1.99. The molecule has 0 saturated carbocycles. The third-order valence-corrected chi connectivity index (χ3v) is 1.54. The zero-order valence-electron chi connectivity index (χ0n) is 6.66. The number of carbonyl (C=O) groups excluding carboxylic acids is 1. The Hall–Kier alpha value is -1.25. The summed E-state index contributed by atoms with van der Waals surface area (Å²) in [6.45, 7) is 3.94. The van der Waals surface area contributed by atoms with E-state index in [0.717, 1.165) is 17.7 Å². The third kappa shape index (κ3) is 1.61. The minimum absolute atomic E-state index is 0.271. The lowest BCUT2D eigenvalue weighted by molar-refractivity contribution is 0.111. The molecule has 0 aliphatic heterocycles. The van der Waals surface area contributed by atoms with Gasteiger partial charge in [0.25, 0.3) is 0 Å². The average Bonchev–Trinajstić information content (AvgIpc) is 2.05. The van der Waals surface area contributed by atoms with Gasteiger partial charge in [-0.15, -0.1) is 0 Å². The minimum Gasteiger partial charge on any atom is -0.294 e. The van der Waals surface area contributed by atoms with E-state index in [2.05, 4.69) is 9.97 Å². The molecule has 0 saturated heterocycles. The van der Waals surface area contributed by atoms with Gasteiger partial charge in [-0.3, -0.25) is 4.79 Å². The van der Waals surface area contributed by atoms with E-state index in [-0.39, 0.29) is 5.82 Å². The Kier molecular flexibility index (Phi) is 2.31. The van der Waals surface area contributed by atoms with Gasteiger partial charge >= 0.3 is 0 Å². The SMILES string of the molecule is CCc1nc(C=O)ncc1C. The number of nitrogens with zero attached hydrogens (tertiary/aromatic N) is 2. The Morgan fingerprint density at radius 2 is 2.36 bits per heavy atom. The predicted octanol–water partition coefficient (Wildman–Crippen LogP) is 1.16. The van der Waals surface area contributed by atoms with Gasteiger partial charge in [0.2, 0.25) is 0 Å². The Morgan fingerprint density at radius 1 is 1.64 bits per heavy atom. The van der Waals surface area contributed by atoms with Gasteiger partial charge in [-0.25, -0.2) is 9.97 Å². The zero-order chi connectivity index (χ0) is 8.27. The van der Waals surface area contributed by atoms with Crippen molar-refractivity contribution in [2.45, 2.75) is 20.3 Å². The van der Waals surface area contributed by atoms with Crippen LogP contribution in [0.5, 0.6) is 0 Å². The average molecular weight is 150 g/mol. The van der Waals surface area contributed by atoms with Gasteiger partial charge in [-0.2, -0.15) is 0 Å². The fraction of sp³-hybridized carbons (Fsp3) is 0.375. The molecular weight excluding hydrogens is 140 g/mol. The molecule has 0 aliphatic rings. The first-order valence-corrected chi connectivity index (χ1v) is 3.55. The van der Waals surface area contributed by atoms with Crippen molar-refractivity contribution in [3.8, 4) is 0 Å². The van der Waals surface area contributed by atoms with E-state index in [1.807, 2.05) is 13.8 Å². The number of carbonyl (C=O) groups is 1. The number of hydrogen-bond donors (Lipinski definition) is 0. The normalized spacial score (nSPS) is 9.64.